The van der Waals surface area contributed by atoms with E-state index in [0.717, 1.165) is 52.7 Å². The Hall–Kier alpha value is -3.84. The van der Waals surface area contributed by atoms with Crippen LogP contribution in [0.1, 0.15) is 83.4 Å². The van der Waals surface area contributed by atoms with E-state index >= 15 is 0 Å². The smallest absolute Gasteiger partial charge is 0.261 e. The van der Waals surface area contributed by atoms with Crippen LogP contribution in [0.15, 0.2) is 152 Å². The number of aliphatic hydroxyl groups is 2. The highest BCUT2D eigenvalue weighted by atomic mass is 28.4. The lowest BCUT2D eigenvalue weighted by molar-refractivity contribution is -0.133. The van der Waals surface area contributed by atoms with Crippen LogP contribution in [0.5, 0.6) is 0 Å². The molecule has 0 spiro atoms. The molecule has 0 aliphatic rings. The van der Waals surface area contributed by atoms with E-state index < -0.39 is 25.6 Å². The van der Waals surface area contributed by atoms with Crippen LogP contribution < -0.4 is 10.4 Å². The zero-order chi connectivity index (χ0) is 37.1. The first kappa shape index (κ1) is 39.4. The van der Waals surface area contributed by atoms with Gasteiger partial charge in [-0.25, -0.2) is 0 Å². The lowest BCUT2D eigenvalue weighted by Gasteiger charge is -2.45. The van der Waals surface area contributed by atoms with Crippen LogP contribution >= 0.6 is 0 Å². The largest absolute Gasteiger partial charge is 0.404 e. The third kappa shape index (κ3) is 8.68. The second-order valence-electron chi connectivity index (χ2n) is 15.5. The van der Waals surface area contributed by atoms with Crippen LogP contribution in [-0.2, 0) is 14.8 Å². The predicted molar refractivity (Wildman–Crippen MR) is 218 cm³/mol. The first-order chi connectivity index (χ1) is 25.1. The van der Waals surface area contributed by atoms with Gasteiger partial charge in [0.05, 0.1) is 19.3 Å². The van der Waals surface area contributed by atoms with E-state index in [-0.39, 0.29) is 24.2 Å². The van der Waals surface area contributed by atoms with Gasteiger partial charge in [-0.2, -0.15) is 0 Å². The van der Waals surface area contributed by atoms with Crippen LogP contribution in [0.3, 0.4) is 0 Å². The molecule has 0 bridgehead atoms. The van der Waals surface area contributed by atoms with Crippen molar-refractivity contribution in [3.05, 3.63) is 168 Å². The molecule has 0 radical (unpaired) electrons. The number of ether oxygens (including phenoxy) is 1. The Morgan fingerprint density at radius 3 is 1.37 bits per heavy atom. The first-order valence-corrected chi connectivity index (χ1v) is 20.9. The topological polar surface area (TPSA) is 58.9 Å². The average Bonchev–Trinajstić information content (AvgIpc) is 3.17. The zero-order valence-corrected chi connectivity index (χ0v) is 32.7. The SMILES string of the molecule is CCCCCCC(COC(c1ccccc1)(c1ccccc1)c1ccccc1)C(O)C(C)(O)CO[Si](c1ccccc1)(c1ccccc1)C(C)(C)C. The highest BCUT2D eigenvalue weighted by molar-refractivity contribution is 6.99. The number of hydrogen-bond acceptors (Lipinski definition) is 4. The Bertz CT molecular complexity index is 1600. The maximum absolute atomic E-state index is 12.4. The number of hydrogen-bond donors (Lipinski definition) is 2. The van der Waals surface area contributed by atoms with Crippen molar-refractivity contribution in [1.82, 2.24) is 0 Å². The van der Waals surface area contributed by atoms with Crippen molar-refractivity contribution >= 4 is 18.7 Å². The van der Waals surface area contributed by atoms with E-state index in [4.69, 9.17) is 9.16 Å². The third-order valence-corrected chi connectivity index (χ3v) is 15.5. The van der Waals surface area contributed by atoms with Crippen molar-refractivity contribution in [3.8, 4) is 0 Å². The molecule has 5 aromatic rings. The summed E-state index contributed by atoms with van der Waals surface area (Å²) < 4.78 is 14.4. The zero-order valence-electron chi connectivity index (χ0n) is 31.7. The molecule has 3 atom stereocenters. The van der Waals surface area contributed by atoms with Crippen molar-refractivity contribution < 1.29 is 19.4 Å². The van der Waals surface area contributed by atoms with Gasteiger partial charge in [0.1, 0.15) is 11.2 Å². The maximum Gasteiger partial charge on any atom is 0.261 e. The minimum absolute atomic E-state index is 0.0197. The molecule has 5 rings (SSSR count). The van der Waals surface area contributed by atoms with Gasteiger partial charge >= 0.3 is 0 Å². The summed E-state index contributed by atoms with van der Waals surface area (Å²) in [6, 6.07) is 51.9. The summed E-state index contributed by atoms with van der Waals surface area (Å²) in [7, 11) is -2.96. The Balaban J connectivity index is 1.51. The molecule has 0 aromatic heterocycles. The van der Waals surface area contributed by atoms with Crippen molar-refractivity contribution in [2.24, 2.45) is 5.92 Å². The lowest BCUT2D eigenvalue weighted by Crippen LogP contribution is -2.68. The third-order valence-electron chi connectivity index (χ3n) is 10.6. The molecule has 0 aliphatic carbocycles. The van der Waals surface area contributed by atoms with Gasteiger partial charge in [-0.05, 0) is 45.4 Å². The van der Waals surface area contributed by atoms with Crippen LogP contribution in [0.2, 0.25) is 5.04 Å². The Kier molecular flexibility index (Phi) is 13.5. The minimum Gasteiger partial charge on any atom is -0.404 e. The van der Waals surface area contributed by atoms with Crippen LogP contribution in [-0.4, -0.2) is 43.4 Å². The standard InChI is InChI=1S/C47H58O4Si/c1-6-7-8-14-25-38(36-50-47(39-26-15-9-16-27-39,40-28-17-10-18-29-40)41-30-19-11-20-31-41)44(48)46(5,49)37-51-52(45(2,3)4,42-32-21-12-22-33-42)43-34-23-13-24-35-43/h9-13,15-24,26-35,38,44,48-49H,6-8,14,25,36-37H2,1-5H3. The van der Waals surface area contributed by atoms with Gasteiger partial charge in [-0.15, -0.1) is 0 Å². The summed E-state index contributed by atoms with van der Waals surface area (Å²) in [4.78, 5) is 0. The monoisotopic (exact) mass is 714 g/mol. The molecule has 0 aliphatic heterocycles. The predicted octanol–water partition coefficient (Wildman–Crippen LogP) is 9.27. The fourth-order valence-corrected chi connectivity index (χ4v) is 12.4. The van der Waals surface area contributed by atoms with Gasteiger partial charge in [-0.1, -0.05) is 205 Å². The normalized spacial score (nSPS) is 14.8. The Morgan fingerprint density at radius 2 is 0.981 bits per heavy atom. The second kappa shape index (κ2) is 17.8. The molecular formula is C47H58O4Si. The van der Waals surface area contributed by atoms with Crippen LogP contribution in [0.4, 0.5) is 0 Å². The number of benzene rings is 5. The Morgan fingerprint density at radius 1 is 0.577 bits per heavy atom. The number of rotatable bonds is 18. The molecule has 4 nitrogen and oxygen atoms in total. The lowest BCUT2D eigenvalue weighted by atomic mass is 9.79. The van der Waals surface area contributed by atoms with Gasteiger partial charge < -0.3 is 19.4 Å². The molecule has 0 fully saturated rings. The van der Waals surface area contributed by atoms with E-state index in [2.05, 4.69) is 113 Å². The van der Waals surface area contributed by atoms with E-state index in [1.54, 1.807) is 6.92 Å². The quantitative estimate of drug-likeness (QED) is 0.0540. The highest BCUT2D eigenvalue weighted by Crippen LogP contribution is 2.42. The van der Waals surface area contributed by atoms with Crippen molar-refractivity contribution in [1.29, 1.82) is 0 Å². The van der Waals surface area contributed by atoms with Gasteiger partial charge in [-0.3, -0.25) is 0 Å². The molecule has 0 saturated heterocycles. The van der Waals surface area contributed by atoms with E-state index in [1.807, 2.05) is 66.7 Å². The van der Waals surface area contributed by atoms with Gasteiger partial charge in [0.2, 0.25) is 0 Å². The summed E-state index contributed by atoms with van der Waals surface area (Å²) >= 11 is 0. The van der Waals surface area contributed by atoms with Gasteiger partial charge in [0, 0.05) is 5.92 Å². The van der Waals surface area contributed by atoms with Crippen LogP contribution in [0, 0.1) is 5.92 Å². The van der Waals surface area contributed by atoms with Crippen molar-refractivity contribution in [2.45, 2.75) is 89.1 Å². The molecule has 5 aromatic carbocycles. The number of unbranched alkanes of at least 4 members (excludes halogenated alkanes) is 3. The van der Waals surface area contributed by atoms with Crippen molar-refractivity contribution in [3.63, 3.8) is 0 Å². The summed E-state index contributed by atoms with van der Waals surface area (Å²) in [5, 5.41) is 26.7. The number of aliphatic hydroxyl groups excluding tert-OH is 1. The van der Waals surface area contributed by atoms with Gasteiger partial charge in [0.25, 0.3) is 8.32 Å². The molecule has 274 valence electrons. The summed E-state index contributed by atoms with van der Waals surface area (Å²) in [6.07, 6.45) is 3.84. The van der Waals surface area contributed by atoms with E-state index in [9.17, 15) is 10.2 Å². The molecule has 0 saturated carbocycles. The van der Waals surface area contributed by atoms with Gasteiger partial charge in [0.15, 0.2) is 0 Å². The Labute approximate surface area is 313 Å². The second-order valence-corrected chi connectivity index (χ2v) is 19.8. The summed E-state index contributed by atoms with van der Waals surface area (Å²) in [5.74, 6) is -0.356. The van der Waals surface area contributed by atoms with E-state index in [0.29, 0.717) is 6.42 Å². The summed E-state index contributed by atoms with van der Waals surface area (Å²) in [5.41, 5.74) is 0.540. The fourth-order valence-electron chi connectivity index (χ4n) is 7.78. The molecule has 2 N–H and O–H groups in total. The van der Waals surface area contributed by atoms with Crippen LogP contribution in [0.25, 0.3) is 0 Å². The van der Waals surface area contributed by atoms with E-state index in [1.165, 1.54) is 0 Å². The highest BCUT2D eigenvalue weighted by Gasteiger charge is 2.52. The molecule has 0 heterocycles. The fraction of sp³-hybridized carbons (Fsp3) is 0.362. The minimum atomic E-state index is -2.96. The first-order valence-electron chi connectivity index (χ1n) is 19.0. The molecule has 52 heavy (non-hydrogen) atoms. The van der Waals surface area contributed by atoms with Crippen molar-refractivity contribution in [2.75, 3.05) is 13.2 Å². The average molecular weight is 715 g/mol. The molecule has 0 amide bonds. The molecular weight excluding hydrogens is 657 g/mol. The summed E-state index contributed by atoms with van der Waals surface area (Å²) in [6.45, 7) is 10.8. The molecule has 5 heteroatoms. The maximum atomic E-state index is 12.4. The molecule has 3 unspecified atom stereocenters.